The minimum atomic E-state index is -1.31. The van der Waals surface area contributed by atoms with E-state index in [0.717, 1.165) is 4.57 Å². The summed E-state index contributed by atoms with van der Waals surface area (Å²) in [7, 11) is 3.54. The fourth-order valence-corrected chi connectivity index (χ4v) is 2.46. The first-order valence-electron chi connectivity index (χ1n) is 7.67. The summed E-state index contributed by atoms with van der Waals surface area (Å²) in [5.41, 5.74) is 4.63. The van der Waals surface area contributed by atoms with Crippen molar-refractivity contribution in [3.05, 3.63) is 22.7 Å². The van der Waals surface area contributed by atoms with Gasteiger partial charge in [0.1, 0.15) is 24.1 Å². The Morgan fingerprint density at radius 1 is 1.38 bits per heavy atom. The summed E-state index contributed by atoms with van der Waals surface area (Å²) in [6.07, 6.45) is -3.27. The summed E-state index contributed by atoms with van der Waals surface area (Å²) in [5.74, 6) is 2.67. The van der Waals surface area contributed by atoms with E-state index in [9.17, 15) is 19.6 Å². The van der Waals surface area contributed by atoms with Gasteiger partial charge in [-0.25, -0.2) is 4.79 Å². The first-order chi connectivity index (χ1) is 12.2. The van der Waals surface area contributed by atoms with Crippen LogP contribution in [0.15, 0.2) is 17.1 Å². The van der Waals surface area contributed by atoms with Gasteiger partial charge in [0.25, 0.3) is 0 Å². The molecule has 1 fully saturated rings. The van der Waals surface area contributed by atoms with Gasteiger partial charge >= 0.3 is 60.8 Å². The Kier molecular flexibility index (Phi) is 8.61. The largest absolute Gasteiger partial charge is 0.394 e. The van der Waals surface area contributed by atoms with E-state index >= 15 is 0 Å². The molecule has 0 saturated carbocycles. The molecule has 2 heterocycles. The predicted molar refractivity (Wildman–Crippen MR) is 91.5 cm³/mol. The third-order valence-corrected chi connectivity index (χ3v) is 4.24. The summed E-state index contributed by atoms with van der Waals surface area (Å²) in [4.78, 5) is 15.0. The topological polar surface area (TPSA) is 168 Å². The molecule has 0 radical (unpaired) electrons. The van der Waals surface area contributed by atoms with Gasteiger partial charge in [0.15, 0.2) is 6.23 Å². The SMILES string of the molecule is C[N+](C)(C#P=O)CCO.Nc1ccn([C@@H]2O[C@H](CO)[C@@H](O)[C@H]2O)c(=O)n1. The minimum absolute atomic E-state index is 0.0537. The van der Waals surface area contributed by atoms with Crippen LogP contribution in [0.5, 0.6) is 0 Å². The van der Waals surface area contributed by atoms with Crippen LogP contribution in [0.3, 0.4) is 0 Å². The second-order valence-electron chi connectivity index (χ2n) is 6.09. The van der Waals surface area contributed by atoms with E-state index in [4.69, 9.17) is 20.7 Å². The van der Waals surface area contributed by atoms with Crippen LogP contribution in [-0.2, 0) is 9.30 Å². The number of anilines is 1. The molecule has 0 aliphatic carbocycles. The number of nitrogen functional groups attached to an aromatic ring is 1. The van der Waals surface area contributed by atoms with Crippen molar-refractivity contribution in [1.82, 2.24) is 9.55 Å². The van der Waals surface area contributed by atoms with E-state index in [0.29, 0.717) is 11.0 Å². The van der Waals surface area contributed by atoms with Crippen LogP contribution in [0.25, 0.3) is 0 Å². The summed E-state index contributed by atoms with van der Waals surface area (Å²) >= 11 is 0. The van der Waals surface area contributed by atoms with Gasteiger partial charge in [0, 0.05) is 6.20 Å². The molecule has 1 aromatic rings. The van der Waals surface area contributed by atoms with Crippen LogP contribution in [0.2, 0.25) is 0 Å². The number of rotatable bonds is 4. The van der Waals surface area contributed by atoms with Crippen LogP contribution < -0.4 is 11.4 Å². The molecule has 12 heteroatoms. The number of hydrogen-bond donors (Lipinski definition) is 5. The third kappa shape index (κ3) is 6.01. The molecule has 4 atom stereocenters. The van der Waals surface area contributed by atoms with E-state index in [2.05, 4.69) is 10.7 Å². The fourth-order valence-electron chi connectivity index (χ4n) is 2.14. The average Bonchev–Trinajstić information content (AvgIpc) is 2.83. The van der Waals surface area contributed by atoms with Gasteiger partial charge in [-0.3, -0.25) is 4.57 Å². The number of nitrogens with zero attached hydrogens (tertiary/aromatic N) is 3. The van der Waals surface area contributed by atoms with Gasteiger partial charge in [-0.05, 0) is 6.07 Å². The Bertz CT molecular complexity index is 751. The fraction of sp³-hybridized carbons (Fsp3) is 0.643. The normalized spacial score (nSPS) is 25.2. The molecular formula is C14H24N4O7P+. The Balaban J connectivity index is 0.000000321. The van der Waals surface area contributed by atoms with Gasteiger partial charge < -0.3 is 25.8 Å². The number of aliphatic hydroxyl groups is 4. The number of likely N-dealkylation sites (N-methyl/N-ethyl adjacent to an activating group) is 1. The van der Waals surface area contributed by atoms with Crippen molar-refractivity contribution in [2.75, 3.05) is 39.6 Å². The molecule has 11 nitrogen and oxygen atoms in total. The molecule has 0 unspecified atom stereocenters. The summed E-state index contributed by atoms with van der Waals surface area (Å²) in [5, 5.41) is 36.6. The Hall–Kier alpha value is -1.55. The number of hydrogen-bond acceptors (Lipinski definition) is 9. The maximum Gasteiger partial charge on any atom is 0.351 e. The van der Waals surface area contributed by atoms with Gasteiger partial charge in [-0.1, -0.05) is 0 Å². The van der Waals surface area contributed by atoms with E-state index < -0.39 is 36.8 Å². The first-order valence-corrected chi connectivity index (χ1v) is 8.48. The van der Waals surface area contributed by atoms with E-state index in [1.807, 2.05) is 14.1 Å². The van der Waals surface area contributed by atoms with E-state index in [-0.39, 0.29) is 20.3 Å². The van der Waals surface area contributed by atoms with Crippen LogP contribution in [0.4, 0.5) is 5.82 Å². The Labute approximate surface area is 151 Å². The molecule has 0 amide bonds. The van der Waals surface area contributed by atoms with Gasteiger partial charge in [0.2, 0.25) is 0 Å². The van der Waals surface area contributed by atoms with Crippen molar-refractivity contribution in [3.63, 3.8) is 0 Å². The number of aliphatic hydroxyl groups excluding tert-OH is 4. The molecule has 0 aromatic carbocycles. The predicted octanol–water partition coefficient (Wildman–Crippen LogP) is -2.30. The number of quaternary nitrogens is 1. The summed E-state index contributed by atoms with van der Waals surface area (Å²) in [6.45, 7) is 0.191. The monoisotopic (exact) mass is 391 g/mol. The zero-order valence-electron chi connectivity index (χ0n) is 14.5. The van der Waals surface area contributed by atoms with Crippen LogP contribution >= 0.6 is 7.92 Å². The van der Waals surface area contributed by atoms with Crippen molar-refractivity contribution in [1.29, 1.82) is 0 Å². The van der Waals surface area contributed by atoms with Gasteiger partial charge in [-0.2, -0.15) is 4.98 Å². The van der Waals surface area contributed by atoms with E-state index in [1.165, 1.54) is 12.3 Å². The quantitative estimate of drug-likeness (QED) is 0.280. The molecule has 2 rings (SSSR count). The molecule has 1 saturated heterocycles. The van der Waals surface area contributed by atoms with E-state index in [1.54, 1.807) is 0 Å². The molecular weight excluding hydrogens is 367 g/mol. The molecule has 0 bridgehead atoms. The minimum Gasteiger partial charge on any atom is -0.394 e. The van der Waals surface area contributed by atoms with Crippen molar-refractivity contribution in [2.24, 2.45) is 0 Å². The van der Waals surface area contributed by atoms with Crippen molar-refractivity contribution in [2.45, 2.75) is 24.5 Å². The first kappa shape index (κ1) is 22.5. The zero-order chi connectivity index (χ0) is 19.9. The van der Waals surface area contributed by atoms with Crippen molar-refractivity contribution in [3.8, 4) is 5.75 Å². The molecule has 26 heavy (non-hydrogen) atoms. The molecule has 0 spiro atoms. The smallest absolute Gasteiger partial charge is 0.351 e. The standard InChI is InChI=1S/C9H13N3O5.C5H11NO2P/c10-5-1-2-12(9(16)11-5)8-7(15)6(14)4(3-13)17-8;1-6(2,3-4-7)5-9-8/h1-2,4,6-8,13-15H,3H2,(H2,10,11,16);7H,3-4H2,1-2H3/q;+1/t4-,6-,7-,8-;/m1./s1. The van der Waals surface area contributed by atoms with Gasteiger partial charge in [-0.15, -0.1) is 0 Å². The molecule has 1 aromatic heterocycles. The maximum atomic E-state index is 11.5. The number of nitrogens with two attached hydrogens (primary N) is 1. The van der Waals surface area contributed by atoms with Gasteiger partial charge in [0.05, 0.1) is 6.61 Å². The summed E-state index contributed by atoms with van der Waals surface area (Å²) < 4.78 is 16.5. The third-order valence-electron chi connectivity index (χ3n) is 3.61. The second-order valence-corrected chi connectivity index (χ2v) is 6.48. The maximum absolute atomic E-state index is 11.5. The Morgan fingerprint density at radius 2 is 2.04 bits per heavy atom. The molecule has 146 valence electrons. The van der Waals surface area contributed by atoms with Crippen molar-refractivity contribution < 1.29 is 34.2 Å². The van der Waals surface area contributed by atoms with Crippen LogP contribution in [-0.4, -0.2) is 86.6 Å². The molecule has 6 N–H and O–H groups in total. The molecule has 1 aliphatic rings. The zero-order valence-corrected chi connectivity index (χ0v) is 15.4. The van der Waals surface area contributed by atoms with Crippen LogP contribution in [0, 0.1) is 5.75 Å². The number of ether oxygens (including phenoxy) is 1. The number of aromatic nitrogens is 2. The Morgan fingerprint density at radius 3 is 2.50 bits per heavy atom. The van der Waals surface area contributed by atoms with Crippen LogP contribution in [0.1, 0.15) is 6.23 Å². The molecule has 1 aliphatic heterocycles. The second kappa shape index (κ2) is 9.96. The average molecular weight is 391 g/mol. The summed E-state index contributed by atoms with van der Waals surface area (Å²) in [6, 6.07) is 1.37. The van der Waals surface area contributed by atoms with Crippen molar-refractivity contribution >= 4 is 13.7 Å².